The molecule has 0 spiro atoms. The molecule has 5 rings (SSSR count). The van der Waals surface area contributed by atoms with Gasteiger partial charge in [0.1, 0.15) is 23.8 Å². The van der Waals surface area contributed by atoms with Gasteiger partial charge < -0.3 is 30.3 Å². The zero-order valence-corrected chi connectivity index (χ0v) is 21.5. The van der Waals surface area contributed by atoms with E-state index in [9.17, 15) is 29.1 Å². The zero-order valence-electron chi connectivity index (χ0n) is 21.5. The average Bonchev–Trinajstić information content (AvgIpc) is 3.23. The van der Waals surface area contributed by atoms with Crippen molar-refractivity contribution in [2.75, 3.05) is 13.1 Å². The Morgan fingerprint density at radius 1 is 1.05 bits per heavy atom. The molecule has 0 aliphatic carbocycles. The van der Waals surface area contributed by atoms with E-state index in [1.54, 1.807) is 18.3 Å². The minimum atomic E-state index is -1.49. The van der Waals surface area contributed by atoms with Crippen molar-refractivity contribution >= 4 is 40.4 Å². The summed E-state index contributed by atoms with van der Waals surface area (Å²) >= 11 is 0. The van der Waals surface area contributed by atoms with Gasteiger partial charge in [0.05, 0.1) is 19.0 Å². The highest BCUT2D eigenvalue weighted by Crippen LogP contribution is 2.27. The number of fused-ring (bicyclic) bond motifs is 2. The number of hydrogen-bond acceptors (Lipinski definition) is 8. The SMILES string of the molecule is CC(=O)N1CC2CCCCC(NC(=O)c3nccc4ccccc34)C(=O)N2C(C(=O)NC2CC(=O)OC2O)C1. The third kappa shape index (κ3) is 5.42. The molecule has 206 valence electrons. The summed E-state index contributed by atoms with van der Waals surface area (Å²) in [4.78, 5) is 71.9. The number of pyridine rings is 1. The fourth-order valence-electron chi connectivity index (χ4n) is 5.64. The first-order valence-electron chi connectivity index (χ1n) is 13.1. The van der Waals surface area contributed by atoms with Gasteiger partial charge in [-0.25, -0.2) is 0 Å². The Kier molecular flexibility index (Phi) is 7.47. The number of aliphatic hydroxyl groups excluding tert-OH is 1. The summed E-state index contributed by atoms with van der Waals surface area (Å²) < 4.78 is 4.72. The molecule has 5 atom stereocenters. The van der Waals surface area contributed by atoms with E-state index >= 15 is 0 Å². The van der Waals surface area contributed by atoms with E-state index in [1.807, 2.05) is 18.2 Å². The number of benzene rings is 1. The minimum Gasteiger partial charge on any atom is -0.434 e. The lowest BCUT2D eigenvalue weighted by molar-refractivity contribution is -0.158. The van der Waals surface area contributed by atoms with Crippen LogP contribution < -0.4 is 10.6 Å². The number of rotatable bonds is 4. The lowest BCUT2D eigenvalue weighted by Crippen LogP contribution is -2.68. The van der Waals surface area contributed by atoms with Crippen molar-refractivity contribution in [2.45, 2.75) is 69.5 Å². The Labute approximate surface area is 224 Å². The Balaban J connectivity index is 1.41. The largest absolute Gasteiger partial charge is 0.434 e. The van der Waals surface area contributed by atoms with Crippen LogP contribution in [0.15, 0.2) is 36.5 Å². The van der Waals surface area contributed by atoms with Gasteiger partial charge in [-0.1, -0.05) is 37.1 Å². The number of amides is 4. The van der Waals surface area contributed by atoms with Crippen LogP contribution in [-0.2, 0) is 23.9 Å². The highest BCUT2D eigenvalue weighted by Gasteiger charge is 2.46. The van der Waals surface area contributed by atoms with Crippen LogP contribution in [0, 0.1) is 0 Å². The van der Waals surface area contributed by atoms with E-state index in [-0.39, 0.29) is 31.1 Å². The molecule has 1 aromatic heterocycles. The first-order valence-corrected chi connectivity index (χ1v) is 13.1. The van der Waals surface area contributed by atoms with Crippen molar-refractivity contribution in [3.63, 3.8) is 0 Å². The number of piperazine rings is 1. The molecule has 0 radical (unpaired) electrons. The smallest absolute Gasteiger partial charge is 0.310 e. The molecule has 3 fully saturated rings. The maximum Gasteiger partial charge on any atom is 0.310 e. The van der Waals surface area contributed by atoms with Gasteiger partial charge in [-0.15, -0.1) is 0 Å². The molecular weight excluding hydrogens is 506 g/mol. The van der Waals surface area contributed by atoms with Crippen LogP contribution in [0.2, 0.25) is 0 Å². The lowest BCUT2D eigenvalue weighted by atomic mass is 9.93. The van der Waals surface area contributed by atoms with Crippen LogP contribution in [0.1, 0.15) is 49.5 Å². The minimum absolute atomic E-state index is 0.0490. The summed E-state index contributed by atoms with van der Waals surface area (Å²) in [5.74, 6) is -2.39. The second-order valence-electron chi connectivity index (χ2n) is 10.2. The molecule has 3 N–H and O–H groups in total. The summed E-state index contributed by atoms with van der Waals surface area (Å²) in [5.41, 5.74) is 0.204. The first kappa shape index (κ1) is 26.5. The maximum atomic E-state index is 14.0. The number of hydrogen-bond donors (Lipinski definition) is 3. The molecule has 39 heavy (non-hydrogen) atoms. The molecule has 0 bridgehead atoms. The molecule has 5 unspecified atom stereocenters. The molecule has 1 aromatic carbocycles. The van der Waals surface area contributed by atoms with Crippen molar-refractivity contribution in [3.8, 4) is 0 Å². The summed E-state index contributed by atoms with van der Waals surface area (Å²) in [6.45, 7) is 1.62. The Bertz CT molecular complexity index is 1310. The molecule has 0 saturated carbocycles. The van der Waals surface area contributed by atoms with Gasteiger partial charge in [-0.3, -0.25) is 29.0 Å². The van der Waals surface area contributed by atoms with E-state index in [4.69, 9.17) is 4.74 Å². The predicted octanol–water partition coefficient (Wildman–Crippen LogP) is 0.0852. The number of nitrogens with one attached hydrogen (secondary N) is 2. The van der Waals surface area contributed by atoms with Gasteiger partial charge in [-0.2, -0.15) is 0 Å². The average molecular weight is 538 g/mol. The summed E-state index contributed by atoms with van der Waals surface area (Å²) in [6.07, 6.45) is 2.22. The van der Waals surface area contributed by atoms with E-state index in [2.05, 4.69) is 15.6 Å². The summed E-state index contributed by atoms with van der Waals surface area (Å²) in [6, 6.07) is 5.76. The predicted molar refractivity (Wildman–Crippen MR) is 137 cm³/mol. The van der Waals surface area contributed by atoms with Crippen LogP contribution >= 0.6 is 0 Å². The van der Waals surface area contributed by atoms with Gasteiger partial charge in [0.25, 0.3) is 5.91 Å². The zero-order chi connectivity index (χ0) is 27.7. The Morgan fingerprint density at radius 2 is 1.82 bits per heavy atom. The molecule has 12 heteroatoms. The van der Waals surface area contributed by atoms with E-state index in [0.29, 0.717) is 24.6 Å². The van der Waals surface area contributed by atoms with E-state index < -0.39 is 54.1 Å². The van der Waals surface area contributed by atoms with Gasteiger partial charge >= 0.3 is 5.97 Å². The Morgan fingerprint density at radius 3 is 2.56 bits per heavy atom. The highest BCUT2D eigenvalue weighted by atomic mass is 16.6. The standard InChI is InChI=1S/C27H31N5O7/c1-15(33)31-13-17-7-3-5-9-19(29-25(36)23-18-8-4-2-6-16(18)10-11-28-23)26(37)32(17)21(14-31)24(35)30-20-12-22(34)39-27(20)38/h2,4,6,8,10-11,17,19-21,27,38H,3,5,7,9,12-14H2,1H3,(H,29,36)(H,30,35). The third-order valence-electron chi connectivity index (χ3n) is 7.64. The van der Waals surface area contributed by atoms with E-state index in [0.717, 1.165) is 11.8 Å². The Hall–Kier alpha value is -4.06. The molecule has 3 saturated heterocycles. The second-order valence-corrected chi connectivity index (χ2v) is 10.2. The fraction of sp³-hybridized carbons (Fsp3) is 0.481. The number of esters is 1. The monoisotopic (exact) mass is 537 g/mol. The molecular formula is C27H31N5O7. The maximum absolute atomic E-state index is 14.0. The number of aliphatic hydroxyl groups is 1. The van der Waals surface area contributed by atoms with Crippen LogP contribution in [0.4, 0.5) is 0 Å². The normalized spacial score (nSPS) is 27.3. The quantitative estimate of drug-likeness (QED) is 0.463. The third-order valence-corrected chi connectivity index (χ3v) is 7.64. The van der Waals surface area contributed by atoms with Crippen molar-refractivity contribution in [3.05, 3.63) is 42.2 Å². The topological polar surface area (TPSA) is 158 Å². The summed E-state index contributed by atoms with van der Waals surface area (Å²) in [5, 5.41) is 16.9. The van der Waals surface area contributed by atoms with Crippen LogP contribution in [0.25, 0.3) is 10.8 Å². The lowest BCUT2D eigenvalue weighted by Gasteiger charge is -2.48. The van der Waals surface area contributed by atoms with Crippen molar-refractivity contribution in [2.24, 2.45) is 0 Å². The number of carbonyl (C=O) groups is 5. The van der Waals surface area contributed by atoms with Gasteiger partial charge in [-0.05, 0) is 24.3 Å². The molecule has 4 amide bonds. The fourth-order valence-corrected chi connectivity index (χ4v) is 5.64. The highest BCUT2D eigenvalue weighted by molar-refractivity contribution is 6.06. The number of ether oxygens (including phenoxy) is 1. The molecule has 4 heterocycles. The molecule has 2 aromatic rings. The molecule has 3 aliphatic rings. The van der Waals surface area contributed by atoms with Crippen molar-refractivity contribution in [1.82, 2.24) is 25.4 Å². The van der Waals surface area contributed by atoms with Crippen LogP contribution in [0.5, 0.6) is 0 Å². The number of nitrogens with zero attached hydrogens (tertiary/aromatic N) is 3. The van der Waals surface area contributed by atoms with Gasteiger partial charge in [0.15, 0.2) is 0 Å². The second kappa shape index (κ2) is 11.0. The van der Waals surface area contributed by atoms with Crippen LogP contribution in [-0.4, -0.2) is 93.0 Å². The van der Waals surface area contributed by atoms with Gasteiger partial charge in [0.2, 0.25) is 24.0 Å². The van der Waals surface area contributed by atoms with Gasteiger partial charge in [0, 0.05) is 25.1 Å². The molecule has 3 aliphatic heterocycles. The van der Waals surface area contributed by atoms with Crippen molar-refractivity contribution < 1.29 is 33.8 Å². The number of cyclic esters (lactones) is 1. The number of aromatic nitrogens is 1. The number of carbonyl (C=O) groups excluding carboxylic acids is 5. The summed E-state index contributed by atoms with van der Waals surface area (Å²) in [7, 11) is 0. The molecule has 12 nitrogen and oxygen atoms in total. The van der Waals surface area contributed by atoms with Crippen molar-refractivity contribution in [1.29, 1.82) is 0 Å². The first-order chi connectivity index (χ1) is 18.7. The van der Waals surface area contributed by atoms with Crippen LogP contribution in [0.3, 0.4) is 0 Å². The van der Waals surface area contributed by atoms with E-state index in [1.165, 1.54) is 16.7 Å².